The van der Waals surface area contributed by atoms with E-state index in [0.717, 1.165) is 18.9 Å². The Labute approximate surface area is 126 Å². The minimum absolute atomic E-state index is 0.0465. The van der Waals surface area contributed by atoms with Gasteiger partial charge in [0.25, 0.3) is 0 Å². The Hall–Kier alpha value is -2.39. The zero-order valence-electron chi connectivity index (χ0n) is 12.4. The van der Waals surface area contributed by atoms with E-state index in [9.17, 15) is 9.59 Å². The molecule has 0 bridgehead atoms. The van der Waals surface area contributed by atoms with E-state index < -0.39 is 5.97 Å². The van der Waals surface area contributed by atoms with Crippen molar-refractivity contribution in [2.24, 2.45) is 0 Å². The Morgan fingerprint density at radius 3 is 1.86 bits per heavy atom. The number of rotatable bonds is 7. The maximum Gasteiger partial charge on any atom is 0.330 e. The lowest BCUT2D eigenvalue weighted by atomic mass is 10.4. The summed E-state index contributed by atoms with van der Waals surface area (Å²) in [5.74, 6) is -0.831. The van der Waals surface area contributed by atoms with E-state index in [2.05, 4.69) is 29.2 Å². The fourth-order valence-electron chi connectivity index (χ4n) is 0.581. The van der Waals surface area contributed by atoms with Gasteiger partial charge < -0.3 is 14.6 Å². The smallest absolute Gasteiger partial charge is 0.330 e. The van der Waals surface area contributed by atoms with Crippen LogP contribution < -0.4 is 0 Å². The van der Waals surface area contributed by atoms with Crippen molar-refractivity contribution < 1.29 is 24.2 Å². The highest BCUT2D eigenvalue weighted by Gasteiger charge is 1.91. The summed E-state index contributed by atoms with van der Waals surface area (Å²) in [4.78, 5) is 20.5. The summed E-state index contributed by atoms with van der Waals surface area (Å²) in [5, 5.41) is 15.6. The Morgan fingerprint density at radius 1 is 1.14 bits per heavy atom. The molecular weight excluding hydrogens is 274 g/mol. The molecule has 0 saturated carbocycles. The third kappa shape index (κ3) is 31.8. The van der Waals surface area contributed by atoms with Gasteiger partial charge in [0.15, 0.2) is 0 Å². The first-order chi connectivity index (χ1) is 10.0. The van der Waals surface area contributed by atoms with Gasteiger partial charge in [0.1, 0.15) is 6.61 Å². The molecule has 0 aromatic rings. The number of hydrogen-bond donors (Lipinski definition) is 1. The van der Waals surface area contributed by atoms with Gasteiger partial charge in [-0.1, -0.05) is 33.1 Å². The standard InChI is InChI=1S/C7H12O2.C5H8O3.C3H3N/c1-3-5-6-9-7(8)4-2;1-2-5(7)8-4-3-6;1-2-3-4/h4H,2-3,5-6H2,1H3;2,6H,1,3-4H2;2H,1H2. The van der Waals surface area contributed by atoms with Gasteiger partial charge in [0.2, 0.25) is 0 Å². The molecule has 0 heterocycles. The van der Waals surface area contributed by atoms with Gasteiger partial charge in [-0.15, -0.1) is 0 Å². The van der Waals surface area contributed by atoms with E-state index in [4.69, 9.17) is 10.4 Å². The number of carbonyl (C=O) groups excluding carboxylic acids is 2. The van der Waals surface area contributed by atoms with E-state index in [1.807, 2.05) is 6.92 Å². The molecule has 0 aromatic heterocycles. The van der Waals surface area contributed by atoms with Crippen LogP contribution in [0.5, 0.6) is 0 Å². The normalized spacial score (nSPS) is 7.48. The first-order valence-electron chi connectivity index (χ1n) is 6.23. The maximum atomic E-state index is 10.3. The number of ether oxygens (including phenoxy) is 2. The van der Waals surface area contributed by atoms with E-state index in [0.29, 0.717) is 6.61 Å². The minimum atomic E-state index is -0.501. The van der Waals surface area contributed by atoms with Gasteiger partial charge in [0.05, 0.1) is 19.3 Å². The highest BCUT2D eigenvalue weighted by molar-refractivity contribution is 5.81. The Kier molecular flexibility index (Phi) is 25.7. The summed E-state index contributed by atoms with van der Waals surface area (Å²) < 4.78 is 9.01. The van der Waals surface area contributed by atoms with Crippen LogP contribution in [0.25, 0.3) is 0 Å². The third-order valence-corrected chi connectivity index (χ3v) is 1.50. The molecule has 0 spiro atoms. The van der Waals surface area contributed by atoms with Crippen molar-refractivity contribution in [2.75, 3.05) is 19.8 Å². The monoisotopic (exact) mass is 297 g/mol. The lowest BCUT2D eigenvalue weighted by Crippen LogP contribution is -2.04. The summed E-state index contributed by atoms with van der Waals surface area (Å²) in [7, 11) is 0. The Bertz CT molecular complexity index is 344. The molecule has 6 nitrogen and oxygen atoms in total. The van der Waals surface area contributed by atoms with E-state index in [-0.39, 0.29) is 19.2 Å². The largest absolute Gasteiger partial charge is 0.463 e. The molecule has 0 aliphatic rings. The molecule has 0 saturated heterocycles. The van der Waals surface area contributed by atoms with Gasteiger partial charge in [-0.05, 0) is 6.42 Å². The predicted octanol–water partition coefficient (Wildman–Crippen LogP) is 1.92. The molecule has 0 radical (unpaired) electrons. The molecule has 0 atom stereocenters. The van der Waals surface area contributed by atoms with Crippen LogP contribution in [-0.4, -0.2) is 36.9 Å². The summed E-state index contributed by atoms with van der Waals surface area (Å²) in [6, 6.07) is 1.69. The van der Waals surface area contributed by atoms with Crippen molar-refractivity contribution in [1.29, 1.82) is 5.26 Å². The molecule has 118 valence electrons. The minimum Gasteiger partial charge on any atom is -0.463 e. The molecule has 0 aliphatic heterocycles. The zero-order valence-corrected chi connectivity index (χ0v) is 12.4. The lowest BCUT2D eigenvalue weighted by Gasteiger charge is -1.97. The SMILES string of the molecule is C=CC#N.C=CC(=O)OCCCC.C=CC(=O)OCCO. The number of esters is 2. The van der Waals surface area contributed by atoms with Crippen molar-refractivity contribution in [3.8, 4) is 6.07 Å². The van der Waals surface area contributed by atoms with Crippen LogP contribution >= 0.6 is 0 Å². The topological polar surface area (TPSA) is 96.6 Å². The molecule has 1 N–H and O–H groups in total. The maximum absolute atomic E-state index is 10.3. The third-order valence-electron chi connectivity index (χ3n) is 1.50. The highest BCUT2D eigenvalue weighted by Crippen LogP contribution is 1.88. The van der Waals surface area contributed by atoms with Crippen molar-refractivity contribution in [1.82, 2.24) is 0 Å². The van der Waals surface area contributed by atoms with Gasteiger partial charge in [0, 0.05) is 18.2 Å². The van der Waals surface area contributed by atoms with Crippen LogP contribution in [0.1, 0.15) is 19.8 Å². The number of hydrogen-bond acceptors (Lipinski definition) is 6. The number of carbonyl (C=O) groups is 2. The number of aliphatic hydroxyl groups is 1. The average Bonchev–Trinajstić information content (AvgIpc) is 2.53. The van der Waals surface area contributed by atoms with Crippen molar-refractivity contribution in [3.05, 3.63) is 38.0 Å². The van der Waals surface area contributed by atoms with Crippen LogP contribution in [0.2, 0.25) is 0 Å². The molecule has 0 aliphatic carbocycles. The Morgan fingerprint density at radius 2 is 1.57 bits per heavy atom. The molecule has 0 rings (SSSR count). The van der Waals surface area contributed by atoms with Crippen LogP contribution in [0.4, 0.5) is 0 Å². The Balaban J connectivity index is -0.000000249. The van der Waals surface area contributed by atoms with E-state index in [1.165, 1.54) is 12.2 Å². The quantitative estimate of drug-likeness (QED) is 0.334. The fraction of sp³-hybridized carbons (Fsp3) is 0.400. The molecule has 6 heteroatoms. The van der Waals surface area contributed by atoms with Gasteiger partial charge in [-0.2, -0.15) is 5.26 Å². The van der Waals surface area contributed by atoms with E-state index >= 15 is 0 Å². The number of allylic oxidation sites excluding steroid dienone is 1. The first-order valence-corrected chi connectivity index (χ1v) is 6.23. The van der Waals surface area contributed by atoms with Gasteiger partial charge in [-0.25, -0.2) is 9.59 Å². The second-order valence-electron chi connectivity index (χ2n) is 3.15. The van der Waals surface area contributed by atoms with Crippen LogP contribution in [0.3, 0.4) is 0 Å². The predicted molar refractivity (Wildman–Crippen MR) is 80.1 cm³/mol. The number of unbranched alkanes of at least 4 members (excludes halogenated alkanes) is 1. The first kappa shape index (κ1) is 23.7. The summed E-state index contributed by atoms with van der Waals surface area (Å²) in [6.07, 6.45) is 5.38. The molecule has 0 fully saturated rings. The average molecular weight is 297 g/mol. The second-order valence-corrected chi connectivity index (χ2v) is 3.15. The van der Waals surface area contributed by atoms with E-state index in [1.54, 1.807) is 6.07 Å². The lowest BCUT2D eigenvalue weighted by molar-refractivity contribution is -0.139. The van der Waals surface area contributed by atoms with Crippen molar-refractivity contribution in [3.63, 3.8) is 0 Å². The number of aliphatic hydroxyl groups excluding tert-OH is 1. The van der Waals surface area contributed by atoms with Gasteiger partial charge >= 0.3 is 11.9 Å². The number of nitriles is 1. The zero-order chi connectivity index (χ0) is 16.9. The highest BCUT2D eigenvalue weighted by atomic mass is 16.5. The summed E-state index contributed by atoms with van der Waals surface area (Å²) >= 11 is 0. The van der Waals surface area contributed by atoms with Crippen LogP contribution in [0, 0.1) is 11.3 Å². The summed E-state index contributed by atoms with van der Waals surface area (Å²) in [5.41, 5.74) is 0. The van der Waals surface area contributed by atoms with Gasteiger partial charge in [-0.3, -0.25) is 0 Å². The molecule has 0 unspecified atom stereocenters. The molecule has 21 heavy (non-hydrogen) atoms. The summed E-state index contributed by atoms with van der Waals surface area (Å²) in [6.45, 7) is 12.0. The fourth-order valence-corrected chi connectivity index (χ4v) is 0.581. The van der Waals surface area contributed by atoms with Crippen LogP contribution in [-0.2, 0) is 19.1 Å². The van der Waals surface area contributed by atoms with Crippen molar-refractivity contribution >= 4 is 11.9 Å². The van der Waals surface area contributed by atoms with Crippen molar-refractivity contribution in [2.45, 2.75) is 19.8 Å². The molecular formula is C15H23NO5. The number of nitrogens with zero attached hydrogens (tertiary/aromatic N) is 1. The van der Waals surface area contributed by atoms with Crippen LogP contribution in [0.15, 0.2) is 38.0 Å². The second kappa shape index (κ2) is 22.8. The molecule has 0 amide bonds. The molecule has 0 aromatic carbocycles.